The van der Waals surface area contributed by atoms with E-state index in [1.807, 2.05) is 35.5 Å². The van der Waals surface area contributed by atoms with Gasteiger partial charge < -0.3 is 24.8 Å². The van der Waals surface area contributed by atoms with Crippen LogP contribution in [-0.4, -0.2) is 87.6 Å². The van der Waals surface area contributed by atoms with Crippen LogP contribution in [0.1, 0.15) is 23.2 Å². The number of carbonyl (C=O) groups is 2. The van der Waals surface area contributed by atoms with Gasteiger partial charge in [0.25, 0.3) is 5.91 Å². The molecule has 0 saturated carbocycles. The maximum Gasteiger partial charge on any atom is 0.257 e. The van der Waals surface area contributed by atoms with E-state index in [-0.39, 0.29) is 17.7 Å². The SMILES string of the molecule is CN1CCC(C(=O)Nc2cnc3[nH]cc(-c4ccn5ncc(C(=O)N6CCOCC6)c5c4)c3c2)CC1. The molecule has 2 aliphatic heterocycles. The van der Waals surface area contributed by atoms with E-state index < -0.39 is 0 Å². The minimum absolute atomic E-state index is 0.0225. The summed E-state index contributed by atoms with van der Waals surface area (Å²) < 4.78 is 7.10. The zero-order valence-electron chi connectivity index (χ0n) is 20.2. The van der Waals surface area contributed by atoms with E-state index in [2.05, 4.69) is 32.3 Å². The van der Waals surface area contributed by atoms with E-state index in [0.29, 0.717) is 37.6 Å². The summed E-state index contributed by atoms with van der Waals surface area (Å²) in [7, 11) is 2.09. The third-order valence-electron chi connectivity index (χ3n) is 7.25. The highest BCUT2D eigenvalue weighted by Crippen LogP contribution is 2.31. The zero-order valence-corrected chi connectivity index (χ0v) is 20.2. The highest BCUT2D eigenvalue weighted by molar-refractivity contribution is 6.03. The average Bonchev–Trinajstić information content (AvgIpc) is 3.53. The first-order chi connectivity index (χ1) is 17.6. The molecule has 0 radical (unpaired) electrons. The lowest BCUT2D eigenvalue weighted by Crippen LogP contribution is -2.40. The van der Waals surface area contributed by atoms with Crippen molar-refractivity contribution in [2.45, 2.75) is 12.8 Å². The molecule has 2 saturated heterocycles. The number of amides is 2. The van der Waals surface area contributed by atoms with Crippen LogP contribution < -0.4 is 5.32 Å². The van der Waals surface area contributed by atoms with Crippen LogP contribution in [0, 0.1) is 5.92 Å². The van der Waals surface area contributed by atoms with Gasteiger partial charge in [-0.2, -0.15) is 5.10 Å². The zero-order chi connectivity index (χ0) is 24.6. The van der Waals surface area contributed by atoms with Crippen LogP contribution in [-0.2, 0) is 9.53 Å². The molecule has 6 heterocycles. The summed E-state index contributed by atoms with van der Waals surface area (Å²) >= 11 is 0. The maximum absolute atomic E-state index is 13.1. The smallest absolute Gasteiger partial charge is 0.257 e. The number of ether oxygens (including phenoxy) is 1. The maximum atomic E-state index is 13.1. The molecule has 2 N–H and O–H groups in total. The van der Waals surface area contributed by atoms with Gasteiger partial charge in [-0.05, 0) is 56.7 Å². The lowest BCUT2D eigenvalue weighted by Gasteiger charge is -2.28. The number of anilines is 1. The van der Waals surface area contributed by atoms with Crippen molar-refractivity contribution in [3.05, 3.63) is 48.5 Å². The molecule has 0 spiro atoms. The average molecular weight is 488 g/mol. The van der Waals surface area contributed by atoms with Crippen molar-refractivity contribution in [3.8, 4) is 11.1 Å². The number of nitrogens with zero attached hydrogens (tertiary/aromatic N) is 5. The van der Waals surface area contributed by atoms with Crippen LogP contribution in [0.3, 0.4) is 0 Å². The van der Waals surface area contributed by atoms with E-state index in [1.54, 1.807) is 16.9 Å². The third-order valence-corrected chi connectivity index (χ3v) is 7.25. The second kappa shape index (κ2) is 9.36. The van der Waals surface area contributed by atoms with Gasteiger partial charge in [-0.25, -0.2) is 9.50 Å². The van der Waals surface area contributed by atoms with Gasteiger partial charge >= 0.3 is 0 Å². The Morgan fingerprint density at radius 2 is 1.92 bits per heavy atom. The van der Waals surface area contributed by atoms with Crippen LogP contribution in [0.5, 0.6) is 0 Å². The molecular weight excluding hydrogens is 458 g/mol. The fraction of sp³-hybridized carbons (Fsp3) is 0.385. The Morgan fingerprint density at radius 3 is 2.72 bits per heavy atom. The van der Waals surface area contributed by atoms with Crippen molar-refractivity contribution in [2.75, 3.05) is 51.8 Å². The van der Waals surface area contributed by atoms with Crippen molar-refractivity contribution >= 4 is 34.1 Å². The van der Waals surface area contributed by atoms with Crippen molar-refractivity contribution < 1.29 is 14.3 Å². The number of carbonyl (C=O) groups excluding carboxylic acids is 2. The van der Waals surface area contributed by atoms with Gasteiger partial charge in [0, 0.05) is 42.4 Å². The molecule has 2 aliphatic rings. The standard InChI is InChI=1S/C26H29N7O3/c1-31-5-2-17(3-6-31)25(34)30-19-13-20-21(15-28-24(20)27-14-19)18-4-7-33-23(12-18)22(16-29-33)26(35)32-8-10-36-11-9-32/h4,7,12-17H,2-3,5-6,8-11H2,1H3,(H,27,28)(H,30,34). The quantitative estimate of drug-likeness (QED) is 0.458. The molecule has 4 aromatic rings. The van der Waals surface area contributed by atoms with Gasteiger partial charge in [0.1, 0.15) is 5.65 Å². The summed E-state index contributed by atoms with van der Waals surface area (Å²) in [4.78, 5) is 37.8. The minimum atomic E-state index is -0.0371. The third kappa shape index (κ3) is 4.22. The molecule has 4 aromatic heterocycles. The predicted molar refractivity (Wildman–Crippen MR) is 136 cm³/mol. The predicted octanol–water partition coefficient (Wildman–Crippen LogP) is 2.63. The Bertz CT molecular complexity index is 1430. The fourth-order valence-electron chi connectivity index (χ4n) is 5.08. The van der Waals surface area contributed by atoms with Gasteiger partial charge in [0.15, 0.2) is 0 Å². The number of aromatic nitrogens is 4. The van der Waals surface area contributed by atoms with Crippen molar-refractivity contribution in [2.24, 2.45) is 5.92 Å². The molecule has 36 heavy (non-hydrogen) atoms. The Labute approximate surface area is 208 Å². The summed E-state index contributed by atoms with van der Waals surface area (Å²) in [5, 5.41) is 8.35. The number of fused-ring (bicyclic) bond motifs is 2. The van der Waals surface area contributed by atoms with Crippen LogP contribution in [0.15, 0.2) is 43.0 Å². The lowest BCUT2D eigenvalue weighted by atomic mass is 9.96. The first kappa shape index (κ1) is 22.7. The molecule has 186 valence electrons. The van der Waals surface area contributed by atoms with Crippen molar-refractivity contribution in [1.29, 1.82) is 0 Å². The summed E-state index contributed by atoms with van der Waals surface area (Å²) in [5.41, 5.74) is 4.62. The van der Waals surface area contributed by atoms with Gasteiger partial charge in [-0.1, -0.05) is 0 Å². The molecule has 0 unspecified atom stereocenters. The summed E-state index contributed by atoms with van der Waals surface area (Å²) in [6.45, 7) is 4.13. The Kier molecular flexibility index (Phi) is 5.90. The topological polar surface area (TPSA) is 108 Å². The molecule has 2 amide bonds. The molecule has 0 aromatic carbocycles. The normalized spacial score (nSPS) is 17.6. The fourth-order valence-corrected chi connectivity index (χ4v) is 5.08. The molecule has 10 heteroatoms. The number of rotatable bonds is 4. The second-order valence-electron chi connectivity index (χ2n) is 9.60. The number of nitrogens with one attached hydrogen (secondary N) is 2. The second-order valence-corrected chi connectivity index (χ2v) is 9.60. The molecule has 0 bridgehead atoms. The number of likely N-dealkylation sites (tertiary alicyclic amines) is 1. The number of morpholine rings is 1. The van der Waals surface area contributed by atoms with E-state index >= 15 is 0 Å². The van der Waals surface area contributed by atoms with Crippen LogP contribution in [0.4, 0.5) is 5.69 Å². The van der Waals surface area contributed by atoms with Crippen molar-refractivity contribution in [3.63, 3.8) is 0 Å². The number of hydrogen-bond acceptors (Lipinski definition) is 6. The minimum Gasteiger partial charge on any atom is -0.378 e. The first-order valence-electron chi connectivity index (χ1n) is 12.4. The molecule has 0 aliphatic carbocycles. The van der Waals surface area contributed by atoms with E-state index in [9.17, 15) is 9.59 Å². The summed E-state index contributed by atoms with van der Waals surface area (Å²) in [5.74, 6) is 0.0347. The Balaban J connectivity index is 1.29. The molecular formula is C26H29N7O3. The highest BCUT2D eigenvalue weighted by Gasteiger charge is 2.24. The van der Waals surface area contributed by atoms with Gasteiger partial charge in [0.05, 0.1) is 42.4 Å². The van der Waals surface area contributed by atoms with Crippen molar-refractivity contribution in [1.82, 2.24) is 29.4 Å². The number of pyridine rings is 2. The molecule has 0 atom stereocenters. The summed E-state index contributed by atoms with van der Waals surface area (Å²) in [6.07, 6.45) is 8.82. The highest BCUT2D eigenvalue weighted by atomic mass is 16.5. The molecule has 2 fully saturated rings. The Hall–Kier alpha value is -3.76. The van der Waals surface area contributed by atoms with Gasteiger partial charge in [-0.3, -0.25) is 9.59 Å². The van der Waals surface area contributed by atoms with E-state index in [0.717, 1.165) is 53.6 Å². The molecule has 10 nitrogen and oxygen atoms in total. The lowest BCUT2D eigenvalue weighted by molar-refractivity contribution is -0.121. The molecule has 6 rings (SSSR count). The number of hydrogen-bond donors (Lipinski definition) is 2. The van der Waals surface area contributed by atoms with Crippen LogP contribution in [0.2, 0.25) is 0 Å². The number of aromatic amines is 1. The largest absolute Gasteiger partial charge is 0.378 e. The van der Waals surface area contributed by atoms with Gasteiger partial charge in [0.2, 0.25) is 5.91 Å². The monoisotopic (exact) mass is 487 g/mol. The van der Waals surface area contributed by atoms with Gasteiger partial charge in [-0.15, -0.1) is 0 Å². The first-order valence-corrected chi connectivity index (χ1v) is 12.4. The van der Waals surface area contributed by atoms with E-state index in [4.69, 9.17) is 4.74 Å². The Morgan fingerprint density at radius 1 is 1.11 bits per heavy atom. The number of piperidine rings is 1. The van der Waals surface area contributed by atoms with E-state index in [1.165, 1.54) is 0 Å². The number of H-pyrrole nitrogens is 1. The van der Waals surface area contributed by atoms with Crippen LogP contribution >= 0.6 is 0 Å². The van der Waals surface area contributed by atoms with Crippen LogP contribution in [0.25, 0.3) is 27.7 Å². The summed E-state index contributed by atoms with van der Waals surface area (Å²) in [6, 6.07) is 5.91.